The van der Waals surface area contributed by atoms with Crippen LogP contribution in [0.2, 0.25) is 0 Å². The highest BCUT2D eigenvalue weighted by Gasteiger charge is 2.35. The summed E-state index contributed by atoms with van der Waals surface area (Å²) in [4.78, 5) is 1.16. The zero-order chi connectivity index (χ0) is 8.48. The lowest BCUT2D eigenvalue weighted by atomic mass is 9.91. The van der Waals surface area contributed by atoms with Gasteiger partial charge in [0.1, 0.15) is 0 Å². The average Bonchev–Trinajstić information content (AvgIpc) is 1.85. The van der Waals surface area contributed by atoms with Gasteiger partial charge in [-0.15, -0.1) is 0 Å². The molecule has 11 heavy (non-hydrogen) atoms. The first-order valence-electron chi connectivity index (χ1n) is 4.25. The van der Waals surface area contributed by atoms with E-state index >= 15 is 0 Å². The second-order valence-corrected chi connectivity index (χ2v) is 3.98. The van der Waals surface area contributed by atoms with Crippen LogP contribution in [0.15, 0.2) is 0 Å². The molecule has 0 saturated carbocycles. The number of likely N-dealkylation sites (tertiary alicyclic amines) is 1. The minimum absolute atomic E-state index is 0.185. The maximum absolute atomic E-state index is 7.39. The normalized spacial score (nSPS) is 29.8. The van der Waals surface area contributed by atoms with E-state index in [0.717, 1.165) is 11.4 Å². The zero-order valence-electron chi connectivity index (χ0n) is 7.41. The molecule has 0 aromatic carbocycles. The fourth-order valence-corrected chi connectivity index (χ4v) is 1.86. The van der Waals surface area contributed by atoms with E-state index in [9.17, 15) is 0 Å². The van der Waals surface area contributed by atoms with E-state index in [-0.39, 0.29) is 5.54 Å². The quantitative estimate of drug-likeness (QED) is 0.328. The van der Waals surface area contributed by atoms with Gasteiger partial charge in [0.05, 0.1) is 12.1 Å². The lowest BCUT2D eigenvalue weighted by molar-refractivity contribution is -0.869. The molecule has 1 atom stereocenters. The van der Waals surface area contributed by atoms with Crippen LogP contribution in [-0.2, 0) is 0 Å². The molecule has 1 rings (SSSR count). The van der Waals surface area contributed by atoms with Gasteiger partial charge in [0.25, 0.3) is 5.96 Å². The van der Waals surface area contributed by atoms with E-state index < -0.39 is 0 Å². The third-order valence-corrected chi connectivity index (χ3v) is 2.62. The SMILES string of the molecule is CC1(C)CCCC[NH+]1C(=N)N. The molecule has 0 spiro atoms. The van der Waals surface area contributed by atoms with Gasteiger partial charge in [-0.2, -0.15) is 0 Å². The lowest BCUT2D eigenvalue weighted by Crippen LogP contribution is -3.23. The number of nitrogens with one attached hydrogen (secondary N) is 2. The highest BCUT2D eigenvalue weighted by atomic mass is 15.3. The Bertz CT molecular complexity index is 163. The molecule has 3 heteroatoms. The fourth-order valence-electron chi connectivity index (χ4n) is 1.86. The van der Waals surface area contributed by atoms with Crippen LogP contribution in [0.25, 0.3) is 0 Å². The van der Waals surface area contributed by atoms with Crippen molar-refractivity contribution in [2.24, 2.45) is 5.73 Å². The van der Waals surface area contributed by atoms with E-state index in [1.165, 1.54) is 19.3 Å². The minimum Gasteiger partial charge on any atom is -0.338 e. The summed E-state index contributed by atoms with van der Waals surface area (Å²) in [6.45, 7) is 5.40. The molecule has 1 unspecified atom stereocenters. The van der Waals surface area contributed by atoms with Crippen LogP contribution in [0.5, 0.6) is 0 Å². The Balaban J connectivity index is 2.67. The third-order valence-electron chi connectivity index (χ3n) is 2.62. The summed E-state index contributed by atoms with van der Waals surface area (Å²) in [5.41, 5.74) is 5.67. The average molecular weight is 156 g/mol. The molecule has 0 amide bonds. The largest absolute Gasteiger partial charge is 0.338 e. The van der Waals surface area contributed by atoms with Crippen molar-refractivity contribution < 1.29 is 4.90 Å². The molecule has 0 aromatic rings. The highest BCUT2D eigenvalue weighted by Crippen LogP contribution is 2.12. The van der Waals surface area contributed by atoms with Gasteiger partial charge in [-0.05, 0) is 26.7 Å². The number of piperidine rings is 1. The van der Waals surface area contributed by atoms with Crippen molar-refractivity contribution in [1.82, 2.24) is 0 Å². The van der Waals surface area contributed by atoms with Crippen molar-refractivity contribution in [2.45, 2.75) is 38.6 Å². The minimum atomic E-state index is 0.185. The van der Waals surface area contributed by atoms with Crippen molar-refractivity contribution in [3.8, 4) is 0 Å². The molecular formula is C8H18N3+. The summed E-state index contributed by atoms with van der Waals surface area (Å²) in [5.74, 6) is 0.301. The van der Waals surface area contributed by atoms with Crippen molar-refractivity contribution in [1.29, 1.82) is 5.41 Å². The summed E-state index contributed by atoms with van der Waals surface area (Å²) in [6, 6.07) is 0. The second kappa shape index (κ2) is 2.81. The Morgan fingerprint density at radius 3 is 2.45 bits per heavy atom. The van der Waals surface area contributed by atoms with Crippen LogP contribution in [0.1, 0.15) is 33.1 Å². The van der Waals surface area contributed by atoms with E-state index in [2.05, 4.69) is 13.8 Å². The predicted molar refractivity (Wildman–Crippen MR) is 45.7 cm³/mol. The molecule has 64 valence electrons. The Kier molecular flexibility index (Phi) is 2.18. The van der Waals surface area contributed by atoms with E-state index in [1.54, 1.807) is 0 Å². The topological polar surface area (TPSA) is 54.3 Å². The van der Waals surface area contributed by atoms with Gasteiger partial charge < -0.3 is 5.73 Å². The molecule has 0 bridgehead atoms. The number of rotatable bonds is 0. The molecule has 0 aromatic heterocycles. The second-order valence-electron chi connectivity index (χ2n) is 3.98. The first kappa shape index (κ1) is 8.53. The van der Waals surface area contributed by atoms with Crippen molar-refractivity contribution in [3.63, 3.8) is 0 Å². The van der Waals surface area contributed by atoms with Crippen LogP contribution in [0.3, 0.4) is 0 Å². The third kappa shape index (κ3) is 1.71. The molecule has 1 fully saturated rings. The summed E-state index contributed by atoms with van der Waals surface area (Å²) in [5, 5.41) is 7.39. The number of hydrogen-bond acceptors (Lipinski definition) is 1. The monoisotopic (exact) mass is 156 g/mol. The Morgan fingerprint density at radius 2 is 2.09 bits per heavy atom. The molecule has 3 nitrogen and oxygen atoms in total. The number of hydrogen-bond donors (Lipinski definition) is 3. The maximum atomic E-state index is 7.39. The van der Waals surface area contributed by atoms with Crippen LogP contribution in [0.4, 0.5) is 0 Å². The molecular weight excluding hydrogens is 138 g/mol. The maximum Gasteiger partial charge on any atom is 0.290 e. The van der Waals surface area contributed by atoms with Gasteiger partial charge >= 0.3 is 0 Å². The Labute approximate surface area is 68.1 Å². The van der Waals surface area contributed by atoms with Crippen LogP contribution in [0, 0.1) is 5.41 Å². The van der Waals surface area contributed by atoms with E-state index in [0.29, 0.717) is 5.96 Å². The molecule has 0 radical (unpaired) electrons. The number of guanidine groups is 1. The van der Waals surface area contributed by atoms with Crippen LogP contribution >= 0.6 is 0 Å². The summed E-state index contributed by atoms with van der Waals surface area (Å²) in [6.07, 6.45) is 3.67. The summed E-state index contributed by atoms with van der Waals surface area (Å²) >= 11 is 0. The predicted octanol–water partition coefficient (Wildman–Crippen LogP) is -0.273. The van der Waals surface area contributed by atoms with E-state index in [1.807, 2.05) is 0 Å². The number of quaternary nitrogens is 1. The number of nitrogens with two attached hydrogens (primary N) is 1. The van der Waals surface area contributed by atoms with Gasteiger partial charge in [-0.3, -0.25) is 4.90 Å². The molecule has 1 heterocycles. The van der Waals surface area contributed by atoms with Gasteiger partial charge in [0.2, 0.25) is 0 Å². The molecule has 4 N–H and O–H groups in total. The van der Waals surface area contributed by atoms with Crippen LogP contribution in [-0.4, -0.2) is 18.0 Å². The van der Waals surface area contributed by atoms with Gasteiger partial charge in [-0.1, -0.05) is 0 Å². The van der Waals surface area contributed by atoms with Crippen LogP contribution < -0.4 is 10.6 Å². The summed E-state index contributed by atoms with van der Waals surface area (Å²) in [7, 11) is 0. The molecule has 1 saturated heterocycles. The Morgan fingerprint density at radius 1 is 1.45 bits per heavy atom. The lowest BCUT2D eigenvalue weighted by Gasteiger charge is -2.37. The highest BCUT2D eigenvalue weighted by molar-refractivity contribution is 5.65. The van der Waals surface area contributed by atoms with Gasteiger partial charge in [0, 0.05) is 6.42 Å². The Hall–Kier alpha value is -0.570. The van der Waals surface area contributed by atoms with Crippen molar-refractivity contribution in [2.75, 3.05) is 6.54 Å². The molecule has 1 aliphatic heterocycles. The standard InChI is InChI=1S/C8H17N3/c1-8(2)5-3-4-6-11(8)7(9)10/h3-6H2,1-2H3,(H3,9,10)/p+1. The molecule has 1 aliphatic rings. The zero-order valence-corrected chi connectivity index (χ0v) is 7.41. The summed E-state index contributed by atoms with van der Waals surface area (Å²) < 4.78 is 0. The smallest absolute Gasteiger partial charge is 0.290 e. The van der Waals surface area contributed by atoms with Crippen molar-refractivity contribution in [3.05, 3.63) is 0 Å². The first-order chi connectivity index (χ1) is 5.04. The van der Waals surface area contributed by atoms with E-state index in [4.69, 9.17) is 11.1 Å². The van der Waals surface area contributed by atoms with Crippen molar-refractivity contribution >= 4 is 5.96 Å². The van der Waals surface area contributed by atoms with Gasteiger partial charge in [-0.25, -0.2) is 5.41 Å². The van der Waals surface area contributed by atoms with Gasteiger partial charge in [0.15, 0.2) is 0 Å². The first-order valence-corrected chi connectivity index (χ1v) is 4.25. The molecule has 0 aliphatic carbocycles. The fraction of sp³-hybridized carbons (Fsp3) is 0.875.